The summed E-state index contributed by atoms with van der Waals surface area (Å²) in [7, 11) is 1.48. The van der Waals surface area contributed by atoms with Crippen LogP contribution in [0.25, 0.3) is 0 Å². The molecule has 1 aromatic carbocycles. The molecule has 0 aromatic heterocycles. The molecule has 0 radical (unpaired) electrons. The molecule has 0 heterocycles. The number of aliphatic hydroxyl groups excluding tert-OH is 1. The van der Waals surface area contributed by atoms with E-state index < -0.39 is 4.92 Å². The molecule has 6 nitrogen and oxygen atoms in total. The lowest BCUT2D eigenvalue weighted by Crippen LogP contribution is -2.33. The highest BCUT2D eigenvalue weighted by molar-refractivity contribution is 5.42. The maximum absolute atomic E-state index is 10.9. The summed E-state index contributed by atoms with van der Waals surface area (Å²) in [5.41, 5.74) is 0.767. The number of nitro groups is 1. The molecule has 0 saturated heterocycles. The summed E-state index contributed by atoms with van der Waals surface area (Å²) < 4.78 is 5.06. The Morgan fingerprint density at radius 2 is 2.10 bits per heavy atom. The lowest BCUT2D eigenvalue weighted by atomic mass is 10.0. The number of benzene rings is 1. The van der Waals surface area contributed by atoms with Crippen molar-refractivity contribution in [2.45, 2.75) is 32.9 Å². The molecule has 0 bridgehead atoms. The maximum Gasteiger partial charge on any atom is 0.273 e. The molecule has 1 aromatic rings. The van der Waals surface area contributed by atoms with Gasteiger partial charge in [0.2, 0.25) is 0 Å². The van der Waals surface area contributed by atoms with E-state index in [4.69, 9.17) is 4.74 Å². The Morgan fingerprint density at radius 1 is 1.40 bits per heavy atom. The topological polar surface area (TPSA) is 84.6 Å². The number of methoxy groups -OCH3 is 1. The molecule has 0 aliphatic heterocycles. The van der Waals surface area contributed by atoms with Crippen molar-refractivity contribution >= 4 is 5.69 Å². The molecule has 0 saturated carbocycles. The summed E-state index contributed by atoms with van der Waals surface area (Å²) in [5, 5.41) is 23.4. The second kappa shape index (κ2) is 7.81. The van der Waals surface area contributed by atoms with Crippen LogP contribution >= 0.6 is 0 Å². The number of nitrogens with zero attached hydrogens (tertiary/aromatic N) is 1. The minimum absolute atomic E-state index is 0.00515. The summed E-state index contributed by atoms with van der Waals surface area (Å²) >= 11 is 0. The minimum atomic E-state index is -0.441. The van der Waals surface area contributed by atoms with E-state index in [2.05, 4.69) is 19.2 Å². The second-order valence-corrected chi connectivity index (χ2v) is 5.19. The van der Waals surface area contributed by atoms with E-state index in [1.807, 2.05) is 0 Å². The van der Waals surface area contributed by atoms with Gasteiger partial charge >= 0.3 is 0 Å². The van der Waals surface area contributed by atoms with Crippen molar-refractivity contribution in [3.8, 4) is 5.75 Å². The van der Waals surface area contributed by atoms with Crippen LogP contribution in [0, 0.1) is 16.0 Å². The predicted octanol–water partition coefficient (Wildman–Crippen LogP) is 2.10. The van der Waals surface area contributed by atoms with E-state index in [9.17, 15) is 15.2 Å². The van der Waals surface area contributed by atoms with E-state index in [1.54, 1.807) is 6.07 Å². The summed E-state index contributed by atoms with van der Waals surface area (Å²) in [6, 6.07) is 4.64. The molecule has 2 N–H and O–H groups in total. The molecule has 0 aliphatic carbocycles. The van der Waals surface area contributed by atoms with Crippen LogP contribution in [0.3, 0.4) is 0 Å². The summed E-state index contributed by atoms with van der Waals surface area (Å²) in [5.74, 6) is 0.930. The summed E-state index contributed by atoms with van der Waals surface area (Å²) in [6.45, 7) is 4.67. The minimum Gasteiger partial charge on any atom is -0.496 e. The Bertz CT molecular complexity index is 449. The first-order valence-electron chi connectivity index (χ1n) is 6.62. The highest BCUT2D eigenvalue weighted by atomic mass is 16.6. The number of nitrogens with one attached hydrogen (secondary N) is 1. The molecule has 0 spiro atoms. The van der Waals surface area contributed by atoms with Gasteiger partial charge in [0.25, 0.3) is 5.69 Å². The number of ether oxygens (including phenoxy) is 1. The Kier molecular flexibility index (Phi) is 6.41. The van der Waals surface area contributed by atoms with Crippen LogP contribution in [0.2, 0.25) is 0 Å². The van der Waals surface area contributed by atoms with Crippen molar-refractivity contribution in [3.05, 3.63) is 33.9 Å². The molecular weight excluding hydrogens is 260 g/mol. The lowest BCUT2D eigenvalue weighted by Gasteiger charge is -2.18. The van der Waals surface area contributed by atoms with E-state index in [1.165, 1.54) is 19.2 Å². The third kappa shape index (κ3) is 5.14. The van der Waals surface area contributed by atoms with Gasteiger partial charge in [-0.15, -0.1) is 0 Å². The van der Waals surface area contributed by atoms with Gasteiger partial charge in [-0.25, -0.2) is 0 Å². The molecule has 1 rings (SSSR count). The van der Waals surface area contributed by atoms with Gasteiger partial charge in [-0.1, -0.05) is 13.8 Å². The Hall–Kier alpha value is -1.66. The SMILES string of the molecule is COc1cc(CNC(CO)CC(C)C)cc([N+](=O)[O-])c1. The maximum atomic E-state index is 10.9. The predicted molar refractivity (Wildman–Crippen MR) is 76.8 cm³/mol. The normalized spacial score (nSPS) is 12.4. The number of aliphatic hydroxyl groups is 1. The van der Waals surface area contributed by atoms with E-state index >= 15 is 0 Å². The highest BCUT2D eigenvalue weighted by Crippen LogP contribution is 2.22. The molecule has 6 heteroatoms. The molecule has 0 amide bonds. The number of non-ortho nitro benzene ring substituents is 1. The number of hydrogen-bond acceptors (Lipinski definition) is 5. The van der Waals surface area contributed by atoms with Crippen LogP contribution in [-0.4, -0.2) is 29.8 Å². The van der Waals surface area contributed by atoms with Gasteiger partial charge in [0.15, 0.2) is 0 Å². The van der Waals surface area contributed by atoms with Gasteiger partial charge in [-0.05, 0) is 24.0 Å². The van der Waals surface area contributed by atoms with Crippen LogP contribution in [-0.2, 0) is 6.54 Å². The van der Waals surface area contributed by atoms with Crippen molar-refractivity contribution in [3.63, 3.8) is 0 Å². The van der Waals surface area contributed by atoms with Gasteiger partial charge in [-0.2, -0.15) is 0 Å². The average Bonchev–Trinajstić information content (AvgIpc) is 2.42. The third-order valence-corrected chi connectivity index (χ3v) is 2.97. The van der Waals surface area contributed by atoms with Crippen LogP contribution in [0.4, 0.5) is 5.69 Å². The highest BCUT2D eigenvalue weighted by Gasteiger charge is 2.13. The van der Waals surface area contributed by atoms with Crippen molar-refractivity contribution in [2.75, 3.05) is 13.7 Å². The van der Waals surface area contributed by atoms with Crippen molar-refractivity contribution < 1.29 is 14.8 Å². The van der Waals surface area contributed by atoms with E-state index in [0.717, 1.165) is 12.0 Å². The van der Waals surface area contributed by atoms with Gasteiger partial charge in [0.05, 0.1) is 24.7 Å². The Morgan fingerprint density at radius 3 is 2.60 bits per heavy atom. The first-order valence-corrected chi connectivity index (χ1v) is 6.62. The quantitative estimate of drug-likeness (QED) is 0.563. The summed E-state index contributed by atoms with van der Waals surface area (Å²) in [6.07, 6.45) is 0.850. The zero-order valence-corrected chi connectivity index (χ0v) is 12.1. The third-order valence-electron chi connectivity index (χ3n) is 2.97. The molecule has 1 atom stereocenters. The van der Waals surface area contributed by atoms with Crippen molar-refractivity contribution in [1.82, 2.24) is 5.32 Å². The molecular formula is C14H22N2O4. The fourth-order valence-electron chi connectivity index (χ4n) is 2.02. The number of rotatable bonds is 8. The van der Waals surface area contributed by atoms with E-state index in [-0.39, 0.29) is 18.3 Å². The van der Waals surface area contributed by atoms with Crippen molar-refractivity contribution in [2.24, 2.45) is 5.92 Å². The monoisotopic (exact) mass is 282 g/mol. The first-order chi connectivity index (χ1) is 9.46. The van der Waals surface area contributed by atoms with Crippen LogP contribution < -0.4 is 10.1 Å². The molecule has 0 fully saturated rings. The van der Waals surface area contributed by atoms with Gasteiger partial charge in [0, 0.05) is 18.7 Å². The zero-order chi connectivity index (χ0) is 15.1. The average molecular weight is 282 g/mol. The number of nitro benzene ring substituents is 1. The fraction of sp³-hybridized carbons (Fsp3) is 0.571. The van der Waals surface area contributed by atoms with Gasteiger partial charge < -0.3 is 15.2 Å². The smallest absolute Gasteiger partial charge is 0.273 e. The largest absolute Gasteiger partial charge is 0.496 e. The fourth-order valence-corrected chi connectivity index (χ4v) is 2.02. The number of hydrogen-bond donors (Lipinski definition) is 2. The standard InChI is InChI=1S/C14H22N2O4/c1-10(2)4-12(9-17)15-8-11-5-13(16(18)19)7-14(6-11)20-3/h5-7,10,12,15,17H,4,8-9H2,1-3H3. The van der Waals surface area contributed by atoms with E-state index in [0.29, 0.717) is 18.2 Å². The van der Waals surface area contributed by atoms with Gasteiger partial charge in [0.1, 0.15) is 5.75 Å². The van der Waals surface area contributed by atoms with Crippen LogP contribution in [0.5, 0.6) is 5.75 Å². The molecule has 112 valence electrons. The van der Waals surface area contributed by atoms with Crippen LogP contribution in [0.1, 0.15) is 25.8 Å². The summed E-state index contributed by atoms with van der Waals surface area (Å²) in [4.78, 5) is 10.4. The van der Waals surface area contributed by atoms with Crippen molar-refractivity contribution in [1.29, 1.82) is 0 Å². The van der Waals surface area contributed by atoms with Crippen LogP contribution in [0.15, 0.2) is 18.2 Å². The first kappa shape index (κ1) is 16.4. The Labute approximate surface area is 118 Å². The zero-order valence-electron chi connectivity index (χ0n) is 12.1. The second-order valence-electron chi connectivity index (χ2n) is 5.19. The molecule has 20 heavy (non-hydrogen) atoms. The van der Waals surface area contributed by atoms with Gasteiger partial charge in [-0.3, -0.25) is 10.1 Å². The lowest BCUT2D eigenvalue weighted by molar-refractivity contribution is -0.385. The molecule has 1 unspecified atom stereocenters. The Balaban J connectivity index is 2.75. The molecule has 0 aliphatic rings.